The van der Waals surface area contributed by atoms with Gasteiger partial charge in [-0.2, -0.15) is 0 Å². The molecular formula is C49H50F2N4O6. The Morgan fingerprint density at radius 3 is 1.70 bits per heavy atom. The number of halogens is 2. The highest BCUT2D eigenvalue weighted by atomic mass is 19.1. The first-order valence-electron chi connectivity index (χ1n) is 19.8. The van der Waals surface area contributed by atoms with Gasteiger partial charge in [-0.3, -0.25) is 5.32 Å². The monoisotopic (exact) mass is 828 g/mol. The molecule has 0 amide bonds. The van der Waals surface area contributed by atoms with Crippen LogP contribution in [0.4, 0.5) is 20.2 Å². The highest BCUT2D eigenvalue weighted by Crippen LogP contribution is 2.38. The molecule has 0 radical (unpaired) electrons. The summed E-state index contributed by atoms with van der Waals surface area (Å²) in [5.41, 5.74) is 5.29. The fraction of sp³-hybridized carbons (Fsp3) is 0.224. The number of aliphatic carboxylic acids is 2. The van der Waals surface area contributed by atoms with Crippen molar-refractivity contribution in [1.82, 2.24) is 10.6 Å². The molecule has 2 aromatic heterocycles. The average molecular weight is 829 g/mol. The van der Waals surface area contributed by atoms with Crippen LogP contribution in [0.2, 0.25) is 0 Å². The minimum absolute atomic E-state index is 0.0498. The van der Waals surface area contributed by atoms with Crippen molar-refractivity contribution in [3.63, 3.8) is 0 Å². The quantitative estimate of drug-likeness (QED) is 0.0633. The van der Waals surface area contributed by atoms with Crippen LogP contribution in [-0.4, -0.2) is 59.4 Å². The van der Waals surface area contributed by atoms with Crippen LogP contribution in [-0.2, 0) is 15.1 Å². The molecule has 3 heterocycles. The van der Waals surface area contributed by atoms with Gasteiger partial charge in [-0.15, -0.1) is 0 Å². The molecule has 1 aliphatic heterocycles. The molecule has 0 spiro atoms. The number of benzene rings is 5. The van der Waals surface area contributed by atoms with Crippen LogP contribution in [0.15, 0.2) is 161 Å². The summed E-state index contributed by atoms with van der Waals surface area (Å²) in [6.07, 6.45) is 4.32. The Morgan fingerprint density at radius 2 is 1.21 bits per heavy atom. The van der Waals surface area contributed by atoms with E-state index in [0.29, 0.717) is 30.0 Å². The van der Waals surface area contributed by atoms with Crippen LogP contribution in [0, 0.1) is 11.6 Å². The van der Waals surface area contributed by atoms with Crippen molar-refractivity contribution < 1.29 is 37.4 Å². The van der Waals surface area contributed by atoms with Crippen molar-refractivity contribution in [3.05, 3.63) is 180 Å². The fourth-order valence-electron chi connectivity index (χ4n) is 7.57. The summed E-state index contributed by atoms with van der Waals surface area (Å²) in [4.78, 5) is 21.3. The van der Waals surface area contributed by atoms with E-state index in [1.807, 2.05) is 18.2 Å². The second-order valence-electron chi connectivity index (χ2n) is 15.9. The van der Waals surface area contributed by atoms with E-state index in [9.17, 15) is 18.4 Å². The van der Waals surface area contributed by atoms with Crippen molar-refractivity contribution in [2.45, 2.75) is 44.3 Å². The van der Waals surface area contributed by atoms with Gasteiger partial charge in [-0.25, -0.2) is 18.4 Å². The Hall–Kier alpha value is -6.76. The minimum Gasteiger partial charge on any atom is -0.478 e. The van der Waals surface area contributed by atoms with Gasteiger partial charge in [-0.1, -0.05) is 91.0 Å². The fourth-order valence-corrected chi connectivity index (χ4v) is 7.57. The number of anilines is 2. The molecule has 61 heavy (non-hydrogen) atoms. The molecule has 0 atom stereocenters. The maximum atomic E-state index is 14.3. The highest BCUT2D eigenvalue weighted by molar-refractivity contribution is 5.91. The van der Waals surface area contributed by atoms with Crippen LogP contribution >= 0.6 is 0 Å². The average Bonchev–Trinajstić information content (AvgIpc) is 3.92. The minimum atomic E-state index is -1.26. The van der Waals surface area contributed by atoms with E-state index in [-0.39, 0.29) is 17.2 Å². The predicted octanol–water partition coefficient (Wildman–Crippen LogP) is 9.82. The molecule has 1 saturated heterocycles. The normalized spacial score (nSPS) is 13.9. The van der Waals surface area contributed by atoms with Crippen LogP contribution in [0.1, 0.15) is 44.4 Å². The molecule has 7 aromatic rings. The molecule has 0 saturated carbocycles. The molecule has 1 aliphatic rings. The molecule has 0 unspecified atom stereocenters. The number of carbonyl (C=O) groups is 2. The third kappa shape index (κ3) is 10.7. The lowest BCUT2D eigenvalue weighted by atomic mass is 9.76. The summed E-state index contributed by atoms with van der Waals surface area (Å²) in [6.45, 7) is 11.7. The van der Waals surface area contributed by atoms with Gasteiger partial charge in [0.1, 0.15) is 11.6 Å². The van der Waals surface area contributed by atoms with Crippen molar-refractivity contribution >= 4 is 45.3 Å². The molecule has 5 aromatic carbocycles. The Morgan fingerprint density at radius 1 is 0.738 bits per heavy atom. The Bertz CT molecular complexity index is 2460. The first kappa shape index (κ1) is 43.8. The van der Waals surface area contributed by atoms with Gasteiger partial charge in [0.15, 0.2) is 11.2 Å². The Balaban J connectivity index is 0.000000198. The number of hydrogen-bond donors (Lipinski definition) is 5. The van der Waals surface area contributed by atoms with Crippen molar-refractivity contribution in [2.24, 2.45) is 0 Å². The van der Waals surface area contributed by atoms with Gasteiger partial charge < -0.3 is 34.6 Å². The van der Waals surface area contributed by atoms with E-state index in [4.69, 9.17) is 19.0 Å². The van der Waals surface area contributed by atoms with E-state index in [0.717, 1.165) is 58.4 Å². The molecule has 5 N–H and O–H groups in total. The van der Waals surface area contributed by atoms with Crippen LogP contribution in [0.5, 0.6) is 0 Å². The summed E-state index contributed by atoms with van der Waals surface area (Å²) < 4.78 is 39.2. The summed E-state index contributed by atoms with van der Waals surface area (Å²) in [6, 6.07) is 41.1. The molecule has 0 bridgehead atoms. The van der Waals surface area contributed by atoms with Gasteiger partial charge in [-0.05, 0) is 68.7 Å². The molecule has 1 fully saturated rings. The van der Waals surface area contributed by atoms with E-state index >= 15 is 0 Å². The second-order valence-corrected chi connectivity index (χ2v) is 15.9. The number of piperazine rings is 1. The zero-order valence-corrected chi connectivity index (χ0v) is 34.5. The Labute approximate surface area is 353 Å². The van der Waals surface area contributed by atoms with Gasteiger partial charge in [0.25, 0.3) is 0 Å². The number of rotatable bonds is 11. The lowest BCUT2D eigenvalue weighted by molar-refractivity contribution is -0.134. The predicted molar refractivity (Wildman–Crippen MR) is 236 cm³/mol. The maximum Gasteiger partial charge on any atom is 0.328 e. The lowest BCUT2D eigenvalue weighted by Gasteiger charge is -2.44. The van der Waals surface area contributed by atoms with E-state index in [2.05, 4.69) is 121 Å². The SMILES string of the molecule is CC(C)(CNC(c1ccccc1)(c1ccccc1)c1ccccc1)Nc1cc(F)cc2ccoc12.CC1(C)CNCCN1c1cc(F)cc2ccoc12.O=C(O)C=CC(=O)O. The molecule has 316 valence electrons. The zero-order valence-electron chi connectivity index (χ0n) is 34.5. The van der Waals surface area contributed by atoms with Gasteiger partial charge in [0.2, 0.25) is 0 Å². The third-order valence-corrected chi connectivity index (χ3v) is 10.4. The number of furan rings is 2. The number of carboxylic acid groups (broad SMARTS) is 2. The molecule has 12 heteroatoms. The van der Waals surface area contributed by atoms with Crippen LogP contribution in [0.3, 0.4) is 0 Å². The van der Waals surface area contributed by atoms with Crippen LogP contribution in [0.25, 0.3) is 21.9 Å². The largest absolute Gasteiger partial charge is 0.478 e. The first-order chi connectivity index (χ1) is 29.2. The molecule has 0 aliphatic carbocycles. The third-order valence-electron chi connectivity index (χ3n) is 10.4. The number of fused-ring (bicyclic) bond motifs is 2. The summed E-state index contributed by atoms with van der Waals surface area (Å²) in [7, 11) is 0. The van der Waals surface area contributed by atoms with E-state index in [1.165, 1.54) is 18.2 Å². The second kappa shape index (κ2) is 19.1. The smallest absolute Gasteiger partial charge is 0.328 e. The molecule has 10 nitrogen and oxygen atoms in total. The van der Waals surface area contributed by atoms with Crippen LogP contribution < -0.4 is 20.9 Å². The van der Waals surface area contributed by atoms with E-state index in [1.54, 1.807) is 30.7 Å². The van der Waals surface area contributed by atoms with E-state index < -0.39 is 23.0 Å². The van der Waals surface area contributed by atoms with Gasteiger partial charge in [0.05, 0.1) is 29.4 Å². The zero-order chi connectivity index (χ0) is 43.6. The lowest BCUT2D eigenvalue weighted by Crippen LogP contribution is -2.58. The highest BCUT2D eigenvalue weighted by Gasteiger charge is 2.38. The topological polar surface area (TPSA) is 140 Å². The standard InChI is InChI=1S/C31H29FN2O.C14H17FN2O.C4H4O4/c1-30(2,34-28-21-27(32)20-23-18-19-35-29(23)28)22-33-31(24-12-6-3-7-13-24,25-14-8-4-9-15-25)26-16-10-5-11-17-26;1-14(2)9-16-4-5-17(14)12-8-11(15)7-10-3-6-18-13(10)12;5-3(6)1-2-4(7)8/h3-21,33-34H,22H2,1-2H3;3,6-8,16H,4-5,9H2,1-2H3;1-2H,(H,5,6)(H,7,8). The summed E-state index contributed by atoms with van der Waals surface area (Å²) in [5, 5.41) is 28.0. The number of carboxylic acids is 2. The molecule has 8 rings (SSSR count). The van der Waals surface area contributed by atoms with Gasteiger partial charge in [0, 0.05) is 72.3 Å². The van der Waals surface area contributed by atoms with Crippen molar-refractivity contribution in [3.8, 4) is 0 Å². The summed E-state index contributed by atoms with van der Waals surface area (Å²) in [5.74, 6) is -3.02. The molecular weight excluding hydrogens is 779 g/mol. The number of hydrogen-bond acceptors (Lipinski definition) is 8. The van der Waals surface area contributed by atoms with Crippen molar-refractivity contribution in [1.29, 1.82) is 0 Å². The summed E-state index contributed by atoms with van der Waals surface area (Å²) >= 11 is 0. The Kier molecular flexibility index (Phi) is 13.7. The maximum absolute atomic E-state index is 14.3. The van der Waals surface area contributed by atoms with Gasteiger partial charge >= 0.3 is 11.9 Å². The first-order valence-corrected chi connectivity index (χ1v) is 19.8. The number of nitrogens with one attached hydrogen (secondary N) is 3. The number of nitrogens with zero attached hydrogens (tertiary/aromatic N) is 1. The van der Waals surface area contributed by atoms with Crippen molar-refractivity contribution in [2.75, 3.05) is 36.4 Å².